The molecule has 8 aromatic rings. The third-order valence-electron chi connectivity index (χ3n) is 23.7. The maximum Gasteiger partial charge on any atom is 0.309 e. The van der Waals surface area contributed by atoms with Crippen LogP contribution in [-0.4, -0.2) is 71.7 Å². The van der Waals surface area contributed by atoms with Crippen LogP contribution < -0.4 is 16.0 Å². The van der Waals surface area contributed by atoms with E-state index < -0.39 is 0 Å². The van der Waals surface area contributed by atoms with Gasteiger partial charge in [0.1, 0.15) is 0 Å². The molecule has 9 aliphatic rings. The number of esters is 1. The summed E-state index contributed by atoms with van der Waals surface area (Å²) in [6.07, 6.45) is 19.6. The zero-order chi connectivity index (χ0) is 66.1. The highest BCUT2D eigenvalue weighted by molar-refractivity contribution is 5.96. The smallest absolute Gasteiger partial charge is 0.309 e. The lowest BCUT2D eigenvalue weighted by atomic mass is 9.54. The normalized spacial score (nSPS) is 25.5. The van der Waals surface area contributed by atoms with Gasteiger partial charge in [-0.05, 0) is 198 Å². The van der Waals surface area contributed by atoms with E-state index in [0.29, 0.717) is 55.0 Å². The van der Waals surface area contributed by atoms with Crippen LogP contribution >= 0.6 is 0 Å². The van der Waals surface area contributed by atoms with Gasteiger partial charge >= 0.3 is 5.97 Å². The molecule has 9 aliphatic carbocycles. The van der Waals surface area contributed by atoms with Crippen molar-refractivity contribution < 1.29 is 23.9 Å². The van der Waals surface area contributed by atoms with Crippen LogP contribution in [0.4, 0.5) is 0 Å². The molecule has 3 amide bonds. The summed E-state index contributed by atoms with van der Waals surface area (Å²) in [4.78, 5) is 53.1. The average molecular weight is 1290 g/mol. The summed E-state index contributed by atoms with van der Waals surface area (Å²) in [6.45, 7) is 13.3. The number of ether oxygens (including phenoxy) is 1. The minimum absolute atomic E-state index is 0.0433. The van der Waals surface area contributed by atoms with E-state index in [1.807, 2.05) is 79.2 Å². The molecular formula is C82H97N9O5. The third kappa shape index (κ3) is 13.4. The lowest BCUT2D eigenvalue weighted by molar-refractivity contribution is -0.148. The molecule has 500 valence electrons. The van der Waals surface area contributed by atoms with E-state index in [9.17, 15) is 19.2 Å². The monoisotopic (exact) mass is 1290 g/mol. The molecule has 6 fully saturated rings. The molecule has 14 heteroatoms. The molecule has 14 nitrogen and oxygen atoms in total. The molecule has 17 rings (SSSR count). The highest BCUT2D eigenvalue weighted by Gasteiger charge is 2.60. The Kier molecular flexibility index (Phi) is 18.9. The highest BCUT2D eigenvalue weighted by Crippen LogP contribution is 2.62. The van der Waals surface area contributed by atoms with Gasteiger partial charge in [0, 0.05) is 46.1 Å². The standard InChI is InChI=1S/C29H29N3O.C28H35N3O3.C25H33N3O/c1-21(23-14-7-3-8-15-23)30-29(33)27-26-19-11-18-25(24-16-9-4-10-17-24)28(26)32(31-27)20-22-12-5-2-6-13-22;1-2-34-28(33)20-8-9-24-23(15-20)26(30-31(24)16-17-6-4-3-5-7-17)27(32)29-25-21-11-18-10-19(13-21)14-22(25)12-18;1-24(2)18-13-14-25(3,15-18)23(24)26-22(29)21-19-11-7-8-12-20(19)28(27-21)16-17-9-5-4-6-10-17/h2-10,12-17,21,25H,11,18-20H2,1H3,(H,30,33);3-7,18-22,25H,2,8-16H2,1H3,(H,29,32);4-6,9-10,18,23H,7-8,11-16H2,1-3H3,(H,26,29). The van der Waals surface area contributed by atoms with Crippen LogP contribution in [0.2, 0.25) is 0 Å². The number of carbonyl (C=O) groups is 4. The number of aromatic nitrogens is 6. The Morgan fingerprint density at radius 1 is 0.552 bits per heavy atom. The summed E-state index contributed by atoms with van der Waals surface area (Å²) in [6, 6.07) is 52.2. The van der Waals surface area contributed by atoms with Crippen LogP contribution in [0.15, 0.2) is 152 Å². The number of benzene rings is 5. The number of nitrogens with zero attached hydrogens (tertiary/aromatic N) is 6. The summed E-state index contributed by atoms with van der Waals surface area (Å²) < 4.78 is 11.5. The van der Waals surface area contributed by atoms with Crippen LogP contribution in [0.5, 0.6) is 0 Å². The Morgan fingerprint density at radius 2 is 1.06 bits per heavy atom. The number of hydrogen-bond acceptors (Lipinski definition) is 8. The highest BCUT2D eigenvalue weighted by atomic mass is 16.5. The Bertz CT molecular complexity index is 4010. The fourth-order valence-corrected chi connectivity index (χ4v) is 19.1. The van der Waals surface area contributed by atoms with Crippen molar-refractivity contribution in [2.75, 3.05) is 6.61 Å². The maximum atomic E-state index is 13.7. The molecule has 0 radical (unpaired) electrons. The van der Waals surface area contributed by atoms with E-state index in [1.54, 1.807) is 0 Å². The van der Waals surface area contributed by atoms with Crippen LogP contribution in [-0.2, 0) is 61.3 Å². The van der Waals surface area contributed by atoms with Gasteiger partial charge in [-0.15, -0.1) is 0 Å². The van der Waals surface area contributed by atoms with Crippen molar-refractivity contribution in [2.45, 2.75) is 194 Å². The molecule has 3 heterocycles. The lowest BCUT2D eigenvalue weighted by Crippen LogP contribution is -2.56. The van der Waals surface area contributed by atoms with Crippen LogP contribution in [0.1, 0.15) is 223 Å². The summed E-state index contributed by atoms with van der Waals surface area (Å²) >= 11 is 0. The van der Waals surface area contributed by atoms with E-state index in [-0.39, 0.29) is 64.5 Å². The second-order valence-corrected chi connectivity index (χ2v) is 30.3. The fourth-order valence-electron chi connectivity index (χ4n) is 19.1. The number of fused-ring (bicyclic) bond motifs is 5. The van der Waals surface area contributed by atoms with Crippen molar-refractivity contribution in [3.63, 3.8) is 0 Å². The SMILES string of the molecule is CC(NC(=O)c1nn(Cc2ccccc2)c2c1CCCC2c1ccccc1)c1ccccc1.CC12CCC(C1)C(C)(C)C2NC(=O)c1nn(Cc2ccccc2)c2c1CCCC2.CCOC(=O)C1CCc2c(c(C(=O)NC3C4CC5CC(C4)CC3C5)nn2Cc2ccccc2)C1. The number of amides is 3. The second kappa shape index (κ2) is 28.0. The van der Waals surface area contributed by atoms with Crippen LogP contribution in [0.25, 0.3) is 0 Å². The Morgan fingerprint density at radius 3 is 1.65 bits per heavy atom. The van der Waals surface area contributed by atoms with Crippen LogP contribution in [0, 0.1) is 46.3 Å². The molecule has 6 bridgehead atoms. The van der Waals surface area contributed by atoms with E-state index in [0.717, 1.165) is 104 Å². The maximum absolute atomic E-state index is 13.7. The molecule has 0 spiro atoms. The first-order valence-corrected chi connectivity index (χ1v) is 36.3. The zero-order valence-corrected chi connectivity index (χ0v) is 57.0. The van der Waals surface area contributed by atoms with Crippen molar-refractivity contribution >= 4 is 23.7 Å². The third-order valence-corrected chi connectivity index (χ3v) is 23.7. The second-order valence-electron chi connectivity index (χ2n) is 30.3. The largest absolute Gasteiger partial charge is 0.466 e. The van der Waals surface area contributed by atoms with Gasteiger partial charge in [0.25, 0.3) is 17.7 Å². The van der Waals surface area contributed by atoms with Crippen molar-refractivity contribution in [3.05, 3.63) is 230 Å². The molecule has 0 saturated heterocycles. The predicted octanol–water partition coefficient (Wildman–Crippen LogP) is 14.8. The molecule has 3 aromatic heterocycles. The molecule has 6 atom stereocenters. The van der Waals surface area contributed by atoms with Gasteiger partial charge in [0.15, 0.2) is 17.1 Å². The number of carbonyl (C=O) groups excluding carboxylic acids is 4. The molecule has 5 aromatic carbocycles. The van der Waals surface area contributed by atoms with E-state index in [2.05, 4.69) is 137 Å². The van der Waals surface area contributed by atoms with Crippen molar-refractivity contribution in [2.24, 2.45) is 46.3 Å². The zero-order valence-electron chi connectivity index (χ0n) is 57.0. The molecule has 6 saturated carbocycles. The average Bonchev–Trinajstić information content (AvgIpc) is 1.53. The quantitative estimate of drug-likeness (QED) is 0.0804. The number of rotatable bonds is 16. The van der Waals surface area contributed by atoms with Crippen molar-refractivity contribution in [1.29, 1.82) is 0 Å². The van der Waals surface area contributed by atoms with Gasteiger partial charge in [-0.25, -0.2) is 0 Å². The first-order valence-electron chi connectivity index (χ1n) is 36.3. The Hall–Kier alpha value is -8.39. The van der Waals surface area contributed by atoms with Gasteiger partial charge < -0.3 is 20.7 Å². The van der Waals surface area contributed by atoms with E-state index in [4.69, 9.17) is 20.0 Å². The first kappa shape index (κ1) is 64.9. The van der Waals surface area contributed by atoms with Crippen molar-refractivity contribution in [3.8, 4) is 0 Å². The van der Waals surface area contributed by atoms with E-state index in [1.165, 1.54) is 91.4 Å². The molecule has 3 N–H and O–H groups in total. The molecule has 6 unspecified atom stereocenters. The summed E-state index contributed by atoms with van der Waals surface area (Å²) in [5.74, 6) is 3.50. The van der Waals surface area contributed by atoms with Gasteiger partial charge in [-0.2, -0.15) is 15.3 Å². The minimum atomic E-state index is -0.199. The van der Waals surface area contributed by atoms with Crippen LogP contribution in [0.3, 0.4) is 0 Å². The summed E-state index contributed by atoms with van der Waals surface area (Å²) in [5.41, 5.74) is 14.9. The van der Waals surface area contributed by atoms with Gasteiger partial charge in [0.2, 0.25) is 0 Å². The van der Waals surface area contributed by atoms with E-state index >= 15 is 0 Å². The summed E-state index contributed by atoms with van der Waals surface area (Å²) in [5, 5.41) is 24.7. The van der Waals surface area contributed by atoms with Gasteiger partial charge in [0.05, 0.1) is 43.9 Å². The molecule has 96 heavy (non-hydrogen) atoms. The van der Waals surface area contributed by atoms with Gasteiger partial charge in [-0.1, -0.05) is 172 Å². The summed E-state index contributed by atoms with van der Waals surface area (Å²) in [7, 11) is 0. The number of nitrogens with one attached hydrogen (secondary N) is 3. The van der Waals surface area contributed by atoms with Gasteiger partial charge in [-0.3, -0.25) is 33.2 Å². The lowest BCUT2D eigenvalue weighted by Gasteiger charge is -2.54. The Labute approximate surface area is 567 Å². The molecule has 0 aliphatic heterocycles. The minimum Gasteiger partial charge on any atom is -0.466 e. The molecular weight excluding hydrogens is 1190 g/mol. The predicted molar refractivity (Wildman–Crippen MR) is 374 cm³/mol. The first-order chi connectivity index (χ1) is 46.7. The number of hydrogen-bond donors (Lipinski definition) is 3. The van der Waals surface area contributed by atoms with Crippen molar-refractivity contribution in [1.82, 2.24) is 45.3 Å². The fraction of sp³-hybridized carbons (Fsp3) is 0.476. The topological polar surface area (TPSA) is 167 Å². The Balaban J connectivity index is 0.000000124.